The SMILES string of the molecule is N[C@H]1CCCC[C@H]1NI. The highest BCUT2D eigenvalue weighted by Crippen LogP contribution is 2.17. The van der Waals surface area contributed by atoms with E-state index in [1.807, 2.05) is 0 Å². The molecule has 0 amide bonds. The van der Waals surface area contributed by atoms with Crippen molar-refractivity contribution in [1.82, 2.24) is 3.53 Å². The Balaban J connectivity index is 2.30. The van der Waals surface area contributed by atoms with Crippen LogP contribution in [0, 0.1) is 0 Å². The van der Waals surface area contributed by atoms with Crippen LogP contribution in [0.25, 0.3) is 0 Å². The van der Waals surface area contributed by atoms with Gasteiger partial charge in [-0.25, -0.2) is 0 Å². The van der Waals surface area contributed by atoms with Crippen molar-refractivity contribution in [3.8, 4) is 0 Å². The van der Waals surface area contributed by atoms with E-state index in [0.717, 1.165) is 0 Å². The highest BCUT2D eigenvalue weighted by molar-refractivity contribution is 14.1. The van der Waals surface area contributed by atoms with Crippen LogP contribution in [-0.2, 0) is 0 Å². The maximum absolute atomic E-state index is 5.82. The molecule has 3 heteroatoms. The number of rotatable bonds is 1. The van der Waals surface area contributed by atoms with Gasteiger partial charge in [-0.1, -0.05) is 12.8 Å². The third-order valence-electron chi connectivity index (χ3n) is 1.96. The highest BCUT2D eigenvalue weighted by Gasteiger charge is 2.19. The van der Waals surface area contributed by atoms with Crippen LogP contribution in [0.1, 0.15) is 25.7 Å². The number of nitrogens with two attached hydrogens (primary N) is 1. The molecule has 0 aromatic rings. The van der Waals surface area contributed by atoms with E-state index < -0.39 is 0 Å². The van der Waals surface area contributed by atoms with Crippen LogP contribution in [0.3, 0.4) is 0 Å². The van der Waals surface area contributed by atoms with Crippen LogP contribution in [0.5, 0.6) is 0 Å². The third kappa shape index (κ3) is 2.05. The molecule has 1 rings (SSSR count). The molecule has 0 aliphatic heterocycles. The van der Waals surface area contributed by atoms with Crippen LogP contribution in [0.2, 0.25) is 0 Å². The van der Waals surface area contributed by atoms with Gasteiger partial charge in [0.05, 0.1) is 0 Å². The lowest BCUT2D eigenvalue weighted by atomic mass is 9.92. The van der Waals surface area contributed by atoms with E-state index in [0.29, 0.717) is 12.1 Å². The molecule has 1 aliphatic rings. The maximum Gasteiger partial charge on any atom is 0.0314 e. The van der Waals surface area contributed by atoms with Gasteiger partial charge in [0.2, 0.25) is 0 Å². The summed E-state index contributed by atoms with van der Waals surface area (Å²) in [5, 5.41) is 0. The second-order valence-corrected chi connectivity index (χ2v) is 3.29. The smallest absolute Gasteiger partial charge is 0.0314 e. The molecule has 1 aliphatic carbocycles. The minimum Gasteiger partial charge on any atom is -0.326 e. The van der Waals surface area contributed by atoms with Gasteiger partial charge in [-0.15, -0.1) is 0 Å². The average Bonchev–Trinajstić information content (AvgIpc) is 1.89. The lowest BCUT2D eigenvalue weighted by Gasteiger charge is -2.26. The minimum absolute atomic E-state index is 0.399. The van der Waals surface area contributed by atoms with Gasteiger partial charge in [-0.2, -0.15) is 0 Å². The first-order chi connectivity index (χ1) is 4.34. The number of hydrogen-bond acceptors (Lipinski definition) is 2. The van der Waals surface area contributed by atoms with E-state index in [4.69, 9.17) is 5.73 Å². The fourth-order valence-electron chi connectivity index (χ4n) is 1.30. The van der Waals surface area contributed by atoms with Crippen LogP contribution < -0.4 is 9.26 Å². The predicted molar refractivity (Wildman–Crippen MR) is 47.4 cm³/mol. The molecule has 0 bridgehead atoms. The second kappa shape index (κ2) is 3.73. The van der Waals surface area contributed by atoms with E-state index in [1.165, 1.54) is 25.7 Å². The summed E-state index contributed by atoms with van der Waals surface area (Å²) >= 11 is 2.19. The first-order valence-corrected chi connectivity index (χ1v) is 4.54. The van der Waals surface area contributed by atoms with Crippen molar-refractivity contribution < 1.29 is 0 Å². The van der Waals surface area contributed by atoms with E-state index in [9.17, 15) is 0 Å². The van der Waals surface area contributed by atoms with Crippen molar-refractivity contribution >= 4 is 22.9 Å². The zero-order valence-electron chi connectivity index (χ0n) is 5.44. The molecular weight excluding hydrogens is 227 g/mol. The Morgan fingerprint density at radius 2 is 2.00 bits per heavy atom. The molecule has 0 spiro atoms. The lowest BCUT2D eigenvalue weighted by molar-refractivity contribution is 0.374. The first kappa shape index (κ1) is 7.75. The first-order valence-electron chi connectivity index (χ1n) is 3.46. The third-order valence-corrected chi connectivity index (χ3v) is 2.76. The van der Waals surface area contributed by atoms with Gasteiger partial charge in [0.25, 0.3) is 0 Å². The summed E-state index contributed by atoms with van der Waals surface area (Å²) in [7, 11) is 0. The van der Waals surface area contributed by atoms with Gasteiger partial charge in [0.15, 0.2) is 0 Å². The quantitative estimate of drug-likeness (QED) is 0.533. The summed E-state index contributed by atoms with van der Waals surface area (Å²) in [6, 6.07) is 0.968. The summed E-state index contributed by atoms with van der Waals surface area (Å²) in [6.07, 6.45) is 5.11. The lowest BCUT2D eigenvalue weighted by Crippen LogP contribution is -2.43. The Morgan fingerprint density at radius 1 is 1.33 bits per heavy atom. The van der Waals surface area contributed by atoms with E-state index in [-0.39, 0.29) is 0 Å². The molecule has 1 saturated carbocycles. The van der Waals surface area contributed by atoms with Crippen molar-refractivity contribution in [3.63, 3.8) is 0 Å². The number of halogens is 1. The average molecular weight is 240 g/mol. The number of nitrogens with one attached hydrogen (secondary N) is 1. The summed E-state index contributed by atoms with van der Waals surface area (Å²) in [5.74, 6) is 0. The Bertz CT molecular complexity index is 87.1. The van der Waals surface area contributed by atoms with Crippen molar-refractivity contribution in [2.75, 3.05) is 0 Å². The van der Waals surface area contributed by atoms with Crippen LogP contribution in [0.4, 0.5) is 0 Å². The highest BCUT2D eigenvalue weighted by atomic mass is 127. The summed E-state index contributed by atoms with van der Waals surface area (Å²) in [6.45, 7) is 0. The standard InChI is InChI=1S/C6H13IN2/c7-9-6-4-2-1-3-5(6)8/h5-6,9H,1-4,8H2/t5-,6+/m0/s1. The zero-order chi connectivity index (χ0) is 6.69. The monoisotopic (exact) mass is 240 g/mol. The van der Waals surface area contributed by atoms with E-state index in [1.54, 1.807) is 0 Å². The van der Waals surface area contributed by atoms with Crippen molar-refractivity contribution in [2.24, 2.45) is 5.73 Å². The molecule has 0 radical (unpaired) electrons. The number of hydrogen-bond donors (Lipinski definition) is 2. The van der Waals surface area contributed by atoms with Crippen molar-refractivity contribution in [1.29, 1.82) is 0 Å². The molecule has 0 aromatic carbocycles. The van der Waals surface area contributed by atoms with E-state index in [2.05, 4.69) is 26.4 Å². The van der Waals surface area contributed by atoms with Crippen LogP contribution in [0.15, 0.2) is 0 Å². The fraction of sp³-hybridized carbons (Fsp3) is 1.00. The van der Waals surface area contributed by atoms with Gasteiger partial charge in [-0.05, 0) is 12.8 Å². The second-order valence-electron chi connectivity index (χ2n) is 2.66. The topological polar surface area (TPSA) is 38.0 Å². The molecule has 0 heterocycles. The largest absolute Gasteiger partial charge is 0.326 e. The van der Waals surface area contributed by atoms with Gasteiger partial charge in [0.1, 0.15) is 0 Å². The fourth-order valence-corrected chi connectivity index (χ4v) is 2.07. The summed E-state index contributed by atoms with van der Waals surface area (Å²) in [4.78, 5) is 0. The van der Waals surface area contributed by atoms with Gasteiger partial charge < -0.3 is 5.73 Å². The molecule has 3 N–H and O–H groups in total. The molecule has 0 aromatic heterocycles. The van der Waals surface area contributed by atoms with Crippen LogP contribution >= 0.6 is 22.9 Å². The maximum atomic E-state index is 5.82. The molecule has 2 nitrogen and oxygen atoms in total. The van der Waals surface area contributed by atoms with Gasteiger partial charge in [-0.3, -0.25) is 3.53 Å². The normalized spacial score (nSPS) is 36.7. The van der Waals surface area contributed by atoms with Crippen LogP contribution in [-0.4, -0.2) is 12.1 Å². The van der Waals surface area contributed by atoms with Gasteiger partial charge in [0, 0.05) is 34.9 Å². The minimum atomic E-state index is 0.399. The molecule has 54 valence electrons. The molecule has 1 fully saturated rings. The summed E-state index contributed by atoms with van der Waals surface area (Å²) < 4.78 is 3.20. The molecule has 0 saturated heterocycles. The Kier molecular flexibility index (Phi) is 3.21. The van der Waals surface area contributed by atoms with Crippen molar-refractivity contribution in [2.45, 2.75) is 37.8 Å². The predicted octanol–water partition coefficient (Wildman–Crippen LogP) is 1.20. The molecule has 0 unspecified atom stereocenters. The Labute approximate surface area is 70.1 Å². The van der Waals surface area contributed by atoms with E-state index >= 15 is 0 Å². The summed E-state index contributed by atoms with van der Waals surface area (Å²) in [5.41, 5.74) is 5.82. The molecular formula is C6H13IN2. The molecule has 2 atom stereocenters. The Morgan fingerprint density at radius 3 is 2.44 bits per heavy atom. The van der Waals surface area contributed by atoms with Gasteiger partial charge >= 0.3 is 0 Å². The molecule has 9 heavy (non-hydrogen) atoms. The Hall–Kier alpha value is 0.650. The van der Waals surface area contributed by atoms with Crippen molar-refractivity contribution in [3.05, 3.63) is 0 Å². The zero-order valence-corrected chi connectivity index (χ0v) is 7.60.